The summed E-state index contributed by atoms with van der Waals surface area (Å²) in [4.78, 5) is 50.4. The third-order valence-corrected chi connectivity index (χ3v) is 7.90. The maximum Gasteiger partial charge on any atom is 0.262 e. The van der Waals surface area contributed by atoms with Crippen LogP contribution in [0, 0.1) is 0 Å². The van der Waals surface area contributed by atoms with Crippen molar-refractivity contribution in [3.05, 3.63) is 64.2 Å². The van der Waals surface area contributed by atoms with Crippen molar-refractivity contribution in [2.45, 2.75) is 49.8 Å². The highest BCUT2D eigenvalue weighted by atomic mass is 32.2. The van der Waals surface area contributed by atoms with Crippen LogP contribution in [0.2, 0.25) is 0 Å². The molecule has 1 unspecified atom stereocenters. The van der Waals surface area contributed by atoms with Gasteiger partial charge in [-0.15, -0.1) is 0 Å². The number of sulfonamides is 1. The Balaban J connectivity index is 1.21. The lowest BCUT2D eigenvalue weighted by atomic mass is 10.0. The summed E-state index contributed by atoms with van der Waals surface area (Å²) in [5.74, 6) is -2.20. The van der Waals surface area contributed by atoms with Gasteiger partial charge in [0.15, 0.2) is 0 Å². The molecule has 5 rings (SSSR count). The highest BCUT2D eigenvalue weighted by molar-refractivity contribution is 7.89. The van der Waals surface area contributed by atoms with Crippen molar-refractivity contribution < 1.29 is 32.3 Å². The monoisotopic (exact) mass is 497 g/mol. The fourth-order valence-corrected chi connectivity index (χ4v) is 5.70. The summed E-state index contributed by atoms with van der Waals surface area (Å²) in [5, 5.41) is 2.17. The molecule has 2 aromatic carbocycles. The maximum absolute atomic E-state index is 12.9. The number of ether oxygens (including phenoxy) is 1. The Bertz CT molecular complexity index is 1370. The van der Waals surface area contributed by atoms with Gasteiger partial charge in [0.25, 0.3) is 11.8 Å². The van der Waals surface area contributed by atoms with Crippen molar-refractivity contribution >= 4 is 33.7 Å². The highest BCUT2D eigenvalue weighted by Gasteiger charge is 2.44. The predicted molar refractivity (Wildman–Crippen MR) is 122 cm³/mol. The van der Waals surface area contributed by atoms with Crippen LogP contribution in [0.25, 0.3) is 0 Å². The molecule has 2 aromatic rings. The van der Waals surface area contributed by atoms with Gasteiger partial charge in [0, 0.05) is 13.0 Å². The first-order valence-corrected chi connectivity index (χ1v) is 12.8. The number of hydrogen-bond donors (Lipinski definition) is 2. The largest absolute Gasteiger partial charge is 0.372 e. The quantitative estimate of drug-likeness (QED) is 0.430. The van der Waals surface area contributed by atoms with E-state index in [9.17, 15) is 27.6 Å². The van der Waals surface area contributed by atoms with Gasteiger partial charge in [-0.3, -0.25) is 29.4 Å². The average Bonchev–Trinajstić information content (AvgIpc) is 3.39. The first-order valence-electron chi connectivity index (χ1n) is 11.3. The van der Waals surface area contributed by atoms with Gasteiger partial charge >= 0.3 is 0 Å². The van der Waals surface area contributed by atoms with Crippen LogP contribution in [0.3, 0.4) is 0 Å². The second kappa shape index (κ2) is 8.99. The smallest absolute Gasteiger partial charge is 0.262 e. The molecular weight excluding hydrogens is 474 g/mol. The van der Waals surface area contributed by atoms with Gasteiger partial charge < -0.3 is 4.74 Å². The van der Waals surface area contributed by atoms with E-state index >= 15 is 0 Å². The lowest BCUT2D eigenvalue weighted by Gasteiger charge is -2.27. The third-order valence-electron chi connectivity index (χ3n) is 6.44. The lowest BCUT2D eigenvalue weighted by molar-refractivity contribution is -0.136. The van der Waals surface area contributed by atoms with E-state index < -0.39 is 39.7 Å². The van der Waals surface area contributed by atoms with Crippen molar-refractivity contribution in [2.75, 3.05) is 6.54 Å². The van der Waals surface area contributed by atoms with Crippen molar-refractivity contribution in [3.8, 4) is 0 Å². The standard InChI is InChI=1S/C24H23N3O7S/c28-21-8-7-20(22(29)26-21)27-23(30)18-6-3-14(10-19(18)24(27)31)2-1-9-25-35(32,33)17-5-4-15-12-34-13-16(15)11-17/h3-6,10-11,20,25H,1-2,7-9,12-13H2,(H,26,28,29). The van der Waals surface area contributed by atoms with Crippen LogP contribution < -0.4 is 10.0 Å². The zero-order chi connectivity index (χ0) is 24.7. The molecule has 1 saturated heterocycles. The van der Waals surface area contributed by atoms with E-state index in [1.807, 2.05) is 0 Å². The Morgan fingerprint density at radius 2 is 1.74 bits per heavy atom. The van der Waals surface area contributed by atoms with Crippen molar-refractivity contribution in [1.82, 2.24) is 14.9 Å². The minimum Gasteiger partial charge on any atom is -0.372 e. The van der Waals surface area contributed by atoms with Crippen LogP contribution in [-0.4, -0.2) is 49.5 Å². The number of imide groups is 2. The predicted octanol–water partition coefficient (Wildman–Crippen LogP) is 1.03. The number of rotatable bonds is 7. The molecule has 4 amide bonds. The second-order valence-corrected chi connectivity index (χ2v) is 10.5. The zero-order valence-electron chi connectivity index (χ0n) is 18.7. The van der Waals surface area contributed by atoms with Crippen LogP contribution in [0.1, 0.15) is 56.7 Å². The number of nitrogens with zero attached hydrogens (tertiary/aromatic N) is 1. The molecule has 35 heavy (non-hydrogen) atoms. The Morgan fingerprint density at radius 1 is 0.971 bits per heavy atom. The number of amides is 4. The molecule has 2 N–H and O–H groups in total. The molecule has 0 spiro atoms. The van der Waals surface area contributed by atoms with Crippen molar-refractivity contribution in [2.24, 2.45) is 0 Å². The van der Waals surface area contributed by atoms with E-state index in [1.54, 1.807) is 36.4 Å². The first kappa shape index (κ1) is 23.3. The number of piperidine rings is 1. The zero-order valence-corrected chi connectivity index (χ0v) is 19.5. The molecule has 3 aliphatic rings. The average molecular weight is 498 g/mol. The lowest BCUT2D eigenvalue weighted by Crippen LogP contribution is -2.54. The van der Waals surface area contributed by atoms with E-state index in [0.717, 1.165) is 21.6 Å². The van der Waals surface area contributed by atoms with Gasteiger partial charge in [-0.25, -0.2) is 13.1 Å². The van der Waals surface area contributed by atoms with Crippen molar-refractivity contribution in [3.63, 3.8) is 0 Å². The number of carbonyl (C=O) groups excluding carboxylic acids is 4. The summed E-state index contributed by atoms with van der Waals surface area (Å²) >= 11 is 0. The summed E-state index contributed by atoms with van der Waals surface area (Å²) in [5.41, 5.74) is 3.05. The minimum absolute atomic E-state index is 0.0597. The molecule has 1 fully saturated rings. The molecular formula is C24H23N3O7S. The summed E-state index contributed by atoms with van der Waals surface area (Å²) in [7, 11) is -3.66. The van der Waals surface area contributed by atoms with E-state index in [-0.39, 0.29) is 35.4 Å². The molecule has 3 aliphatic heterocycles. The first-order chi connectivity index (χ1) is 16.7. The normalized spacial score (nSPS) is 19.7. The number of aryl methyl sites for hydroxylation is 1. The summed E-state index contributed by atoms with van der Waals surface area (Å²) < 4.78 is 33.2. The topological polar surface area (TPSA) is 139 Å². The van der Waals surface area contributed by atoms with Crippen LogP contribution in [0.5, 0.6) is 0 Å². The Hall–Kier alpha value is -3.41. The van der Waals surface area contributed by atoms with Gasteiger partial charge in [-0.1, -0.05) is 12.1 Å². The van der Waals surface area contributed by atoms with E-state index in [2.05, 4.69) is 10.0 Å². The van der Waals surface area contributed by atoms with E-state index in [4.69, 9.17) is 4.74 Å². The summed E-state index contributed by atoms with van der Waals surface area (Å²) in [6.07, 6.45) is 1.11. The fourth-order valence-electron chi connectivity index (χ4n) is 4.57. The Kier molecular flexibility index (Phi) is 5.99. The molecule has 1 atom stereocenters. The van der Waals surface area contributed by atoms with Gasteiger partial charge in [-0.05, 0) is 60.2 Å². The molecule has 182 valence electrons. The highest BCUT2D eigenvalue weighted by Crippen LogP contribution is 2.28. The van der Waals surface area contributed by atoms with Crippen LogP contribution >= 0.6 is 0 Å². The SMILES string of the molecule is O=C1CCC(N2C(=O)c3ccc(CCCNS(=O)(=O)c4ccc5c(c4)COC5)cc3C2=O)C(=O)N1. The number of hydrogen-bond acceptors (Lipinski definition) is 7. The Morgan fingerprint density at radius 3 is 2.54 bits per heavy atom. The van der Waals surface area contributed by atoms with E-state index in [1.165, 1.54) is 0 Å². The fraction of sp³-hybridized carbons (Fsp3) is 0.333. The molecule has 0 bridgehead atoms. The van der Waals surface area contributed by atoms with Gasteiger partial charge in [0.1, 0.15) is 6.04 Å². The molecule has 3 heterocycles. The summed E-state index contributed by atoms with van der Waals surface area (Å²) in [6, 6.07) is 8.81. The number of carbonyl (C=O) groups is 4. The van der Waals surface area contributed by atoms with Crippen LogP contribution in [0.4, 0.5) is 0 Å². The van der Waals surface area contributed by atoms with Gasteiger partial charge in [0.05, 0.1) is 29.2 Å². The number of fused-ring (bicyclic) bond motifs is 2. The number of nitrogens with one attached hydrogen (secondary N) is 2. The molecule has 0 aliphatic carbocycles. The molecule has 0 saturated carbocycles. The molecule has 0 radical (unpaired) electrons. The van der Waals surface area contributed by atoms with Gasteiger partial charge in [-0.2, -0.15) is 0 Å². The van der Waals surface area contributed by atoms with Crippen LogP contribution in [-0.2, 0) is 44.0 Å². The van der Waals surface area contributed by atoms with Crippen molar-refractivity contribution in [1.29, 1.82) is 0 Å². The maximum atomic E-state index is 12.9. The minimum atomic E-state index is -3.66. The van der Waals surface area contributed by atoms with Crippen LogP contribution in [0.15, 0.2) is 41.3 Å². The Labute approximate surface area is 201 Å². The number of benzene rings is 2. The van der Waals surface area contributed by atoms with E-state index in [0.29, 0.717) is 26.1 Å². The molecule has 10 nitrogen and oxygen atoms in total. The molecule has 0 aromatic heterocycles. The second-order valence-electron chi connectivity index (χ2n) is 8.75. The summed E-state index contributed by atoms with van der Waals surface area (Å²) in [6.45, 7) is 1.09. The van der Waals surface area contributed by atoms with Gasteiger partial charge in [0.2, 0.25) is 21.8 Å². The molecule has 11 heteroatoms. The third kappa shape index (κ3) is 4.38.